The van der Waals surface area contributed by atoms with Gasteiger partial charge >= 0.3 is 0 Å². The number of carbonyl (C=O) groups is 1. The van der Waals surface area contributed by atoms with Gasteiger partial charge in [0.05, 0.1) is 0 Å². The molecule has 0 fully saturated rings. The van der Waals surface area contributed by atoms with E-state index in [-0.39, 0.29) is 5.91 Å². The molecule has 0 aliphatic rings. The number of aromatic amines is 1. The van der Waals surface area contributed by atoms with Crippen LogP contribution >= 0.6 is 11.6 Å². The fourth-order valence-electron chi connectivity index (χ4n) is 1.64. The van der Waals surface area contributed by atoms with Gasteiger partial charge in [0.2, 0.25) is 0 Å². The van der Waals surface area contributed by atoms with Crippen molar-refractivity contribution in [3.8, 4) is 0 Å². The van der Waals surface area contributed by atoms with Crippen LogP contribution in [0.3, 0.4) is 0 Å². The zero-order valence-electron chi connectivity index (χ0n) is 10.4. The highest BCUT2D eigenvalue weighted by molar-refractivity contribution is 6.35. The van der Waals surface area contributed by atoms with Crippen molar-refractivity contribution >= 4 is 28.4 Å². The Kier molecular flexibility index (Phi) is 3.32. The van der Waals surface area contributed by atoms with E-state index in [1.807, 2.05) is 26.0 Å². The predicted octanol–water partition coefficient (Wildman–Crippen LogP) is 2.29. The highest BCUT2D eigenvalue weighted by atomic mass is 35.5. The molecule has 1 heterocycles. The summed E-state index contributed by atoms with van der Waals surface area (Å²) >= 11 is 6.05. The molecule has 0 atom stereocenters. The van der Waals surface area contributed by atoms with Crippen LogP contribution < -0.4 is 11.1 Å². The number of hydrogen-bond acceptors (Lipinski definition) is 2. The average Bonchev–Trinajstić information content (AvgIpc) is 2.70. The number of benzene rings is 1. The molecule has 0 aliphatic heterocycles. The minimum absolute atomic E-state index is 0.180. The summed E-state index contributed by atoms with van der Waals surface area (Å²) in [4.78, 5) is 15.0. The van der Waals surface area contributed by atoms with Gasteiger partial charge in [0, 0.05) is 28.0 Å². The number of nitrogens with two attached hydrogens (primary N) is 1. The molecule has 0 saturated carbocycles. The lowest BCUT2D eigenvalue weighted by Crippen LogP contribution is -2.45. The third kappa shape index (κ3) is 2.83. The molecule has 1 aromatic heterocycles. The van der Waals surface area contributed by atoms with E-state index in [1.54, 1.807) is 12.1 Å². The van der Waals surface area contributed by atoms with Crippen LogP contribution in [0.2, 0.25) is 5.02 Å². The maximum absolute atomic E-state index is 11.9. The number of carbonyl (C=O) groups excluding carboxylic acids is 1. The quantitative estimate of drug-likeness (QED) is 0.797. The Morgan fingerprint density at radius 3 is 2.83 bits per heavy atom. The Balaban J connectivity index is 2.21. The molecular weight excluding hydrogens is 250 g/mol. The Bertz CT molecular complexity index is 583. The molecule has 0 unspecified atom stereocenters. The van der Waals surface area contributed by atoms with E-state index in [9.17, 15) is 4.79 Å². The molecule has 0 bridgehead atoms. The highest BCUT2D eigenvalue weighted by Crippen LogP contribution is 2.23. The summed E-state index contributed by atoms with van der Waals surface area (Å²) in [7, 11) is 0. The molecule has 2 aromatic rings. The molecule has 0 aliphatic carbocycles. The summed E-state index contributed by atoms with van der Waals surface area (Å²) in [6, 6.07) is 7.26. The first-order valence-corrected chi connectivity index (χ1v) is 6.09. The molecule has 0 saturated heterocycles. The van der Waals surface area contributed by atoms with Crippen molar-refractivity contribution in [1.29, 1.82) is 0 Å². The van der Waals surface area contributed by atoms with Gasteiger partial charge in [-0.3, -0.25) is 4.79 Å². The minimum Gasteiger partial charge on any atom is -0.350 e. The van der Waals surface area contributed by atoms with E-state index in [0.29, 0.717) is 17.3 Å². The van der Waals surface area contributed by atoms with Crippen LogP contribution in [0.5, 0.6) is 0 Å². The van der Waals surface area contributed by atoms with E-state index in [0.717, 1.165) is 10.9 Å². The fraction of sp³-hybridized carbons (Fsp3) is 0.308. The summed E-state index contributed by atoms with van der Waals surface area (Å²) in [6.07, 6.45) is 0. The third-order valence-corrected chi connectivity index (χ3v) is 2.89. The summed E-state index contributed by atoms with van der Waals surface area (Å²) in [6.45, 7) is 4.12. The standard InChI is InChI=1S/C13H16ClN3O/c1-13(2,15)7-16-12(18)11-6-8-9(14)4-3-5-10(8)17-11/h3-6,17H,7,15H2,1-2H3,(H,16,18). The Labute approximate surface area is 111 Å². The lowest BCUT2D eigenvalue weighted by atomic mass is 10.1. The second-order valence-corrected chi connectivity index (χ2v) is 5.46. The van der Waals surface area contributed by atoms with Crippen molar-refractivity contribution in [2.45, 2.75) is 19.4 Å². The first-order valence-electron chi connectivity index (χ1n) is 5.71. The van der Waals surface area contributed by atoms with E-state index in [4.69, 9.17) is 17.3 Å². The van der Waals surface area contributed by atoms with Crippen molar-refractivity contribution in [2.75, 3.05) is 6.54 Å². The number of nitrogens with one attached hydrogen (secondary N) is 2. The van der Waals surface area contributed by atoms with E-state index in [2.05, 4.69) is 10.3 Å². The number of H-pyrrole nitrogens is 1. The van der Waals surface area contributed by atoms with Crippen LogP contribution in [0.4, 0.5) is 0 Å². The molecule has 4 nitrogen and oxygen atoms in total. The van der Waals surface area contributed by atoms with Crippen LogP contribution in [0.15, 0.2) is 24.3 Å². The molecule has 5 heteroatoms. The molecule has 0 radical (unpaired) electrons. The van der Waals surface area contributed by atoms with Crippen LogP contribution in [-0.2, 0) is 0 Å². The molecule has 1 amide bonds. The number of hydrogen-bond donors (Lipinski definition) is 3. The lowest BCUT2D eigenvalue weighted by Gasteiger charge is -2.18. The second kappa shape index (κ2) is 4.63. The lowest BCUT2D eigenvalue weighted by molar-refractivity contribution is 0.0942. The van der Waals surface area contributed by atoms with Crippen LogP contribution in [0, 0.1) is 0 Å². The molecular formula is C13H16ClN3O. The minimum atomic E-state index is -0.431. The SMILES string of the molecule is CC(C)(N)CNC(=O)c1cc2c(Cl)cccc2[nH]1. The van der Waals surface area contributed by atoms with Crippen LogP contribution in [-0.4, -0.2) is 23.0 Å². The highest BCUT2D eigenvalue weighted by Gasteiger charge is 2.15. The van der Waals surface area contributed by atoms with Gasteiger partial charge in [-0.1, -0.05) is 17.7 Å². The van der Waals surface area contributed by atoms with Gasteiger partial charge < -0.3 is 16.0 Å². The Morgan fingerprint density at radius 1 is 1.50 bits per heavy atom. The third-order valence-electron chi connectivity index (χ3n) is 2.56. The Morgan fingerprint density at radius 2 is 2.22 bits per heavy atom. The largest absolute Gasteiger partial charge is 0.350 e. The van der Waals surface area contributed by atoms with Gasteiger partial charge in [-0.05, 0) is 32.0 Å². The normalized spacial score (nSPS) is 11.8. The first-order chi connectivity index (χ1) is 8.37. The van der Waals surface area contributed by atoms with Crippen LogP contribution in [0.25, 0.3) is 10.9 Å². The number of aromatic nitrogens is 1. The molecule has 1 aromatic carbocycles. The first kappa shape index (κ1) is 12.9. The monoisotopic (exact) mass is 265 g/mol. The smallest absolute Gasteiger partial charge is 0.267 e. The van der Waals surface area contributed by atoms with E-state index < -0.39 is 5.54 Å². The fourth-order valence-corrected chi connectivity index (χ4v) is 1.87. The summed E-state index contributed by atoms with van der Waals surface area (Å²) in [5, 5.41) is 4.25. The maximum atomic E-state index is 11.9. The van der Waals surface area contributed by atoms with Crippen molar-refractivity contribution in [2.24, 2.45) is 5.73 Å². The van der Waals surface area contributed by atoms with E-state index in [1.165, 1.54) is 0 Å². The van der Waals surface area contributed by atoms with E-state index >= 15 is 0 Å². The van der Waals surface area contributed by atoms with Gasteiger partial charge in [-0.25, -0.2) is 0 Å². The van der Waals surface area contributed by atoms with Crippen molar-refractivity contribution in [3.05, 3.63) is 35.0 Å². The summed E-state index contributed by atoms with van der Waals surface area (Å²) in [5.74, 6) is -0.180. The average molecular weight is 266 g/mol. The van der Waals surface area contributed by atoms with Gasteiger partial charge in [-0.2, -0.15) is 0 Å². The van der Waals surface area contributed by atoms with Gasteiger partial charge in [0.15, 0.2) is 0 Å². The molecule has 4 N–H and O–H groups in total. The Hall–Kier alpha value is -1.52. The summed E-state index contributed by atoms with van der Waals surface area (Å²) in [5.41, 5.74) is 6.72. The van der Waals surface area contributed by atoms with Crippen molar-refractivity contribution in [1.82, 2.24) is 10.3 Å². The number of halogens is 1. The molecule has 0 spiro atoms. The second-order valence-electron chi connectivity index (χ2n) is 5.06. The van der Waals surface area contributed by atoms with Crippen molar-refractivity contribution in [3.63, 3.8) is 0 Å². The van der Waals surface area contributed by atoms with Crippen molar-refractivity contribution < 1.29 is 4.79 Å². The number of fused-ring (bicyclic) bond motifs is 1. The topological polar surface area (TPSA) is 70.9 Å². The van der Waals surface area contributed by atoms with Gasteiger partial charge in [0.25, 0.3) is 5.91 Å². The summed E-state index contributed by atoms with van der Waals surface area (Å²) < 4.78 is 0. The molecule has 18 heavy (non-hydrogen) atoms. The van der Waals surface area contributed by atoms with Crippen LogP contribution in [0.1, 0.15) is 24.3 Å². The van der Waals surface area contributed by atoms with Gasteiger partial charge in [0.1, 0.15) is 5.69 Å². The number of rotatable bonds is 3. The van der Waals surface area contributed by atoms with Gasteiger partial charge in [-0.15, -0.1) is 0 Å². The zero-order valence-corrected chi connectivity index (χ0v) is 11.1. The predicted molar refractivity (Wildman–Crippen MR) is 73.9 cm³/mol. The zero-order chi connectivity index (χ0) is 13.3. The maximum Gasteiger partial charge on any atom is 0.267 e. The molecule has 96 valence electrons. The molecule has 2 rings (SSSR count). The number of amides is 1.